The van der Waals surface area contributed by atoms with Crippen LogP contribution < -0.4 is 11.1 Å². The molecule has 0 saturated carbocycles. The zero-order valence-corrected chi connectivity index (χ0v) is 8.49. The van der Waals surface area contributed by atoms with Crippen LogP contribution in [0.3, 0.4) is 0 Å². The summed E-state index contributed by atoms with van der Waals surface area (Å²) in [5, 5.41) is 13.6. The maximum absolute atomic E-state index is 10.4. The molecule has 80 valence electrons. The van der Waals surface area contributed by atoms with Crippen LogP contribution in [0.4, 0.5) is 17.3 Å². The van der Waals surface area contributed by atoms with Gasteiger partial charge in [-0.25, -0.2) is 4.98 Å². The zero-order chi connectivity index (χ0) is 11.4. The molecule has 1 heterocycles. The minimum absolute atomic E-state index is 0.134. The van der Waals surface area contributed by atoms with Gasteiger partial charge in [0.25, 0.3) is 0 Å². The quantitative estimate of drug-likeness (QED) is 0.605. The van der Waals surface area contributed by atoms with E-state index >= 15 is 0 Å². The lowest BCUT2D eigenvalue weighted by Crippen LogP contribution is -2.05. The van der Waals surface area contributed by atoms with Gasteiger partial charge >= 0.3 is 5.69 Å². The van der Waals surface area contributed by atoms with Crippen molar-refractivity contribution >= 4 is 28.9 Å². The van der Waals surface area contributed by atoms with Crippen molar-refractivity contribution in [1.82, 2.24) is 4.98 Å². The maximum atomic E-state index is 10.4. The van der Waals surface area contributed by atoms with E-state index < -0.39 is 4.92 Å². The molecule has 0 aliphatic carbocycles. The predicted octanol–water partition coefficient (Wildman–Crippen LogP) is 1.74. The lowest BCUT2D eigenvalue weighted by Gasteiger charge is -2.04. The van der Waals surface area contributed by atoms with Gasteiger partial charge in [-0.05, 0) is 6.07 Å². The molecule has 0 amide bonds. The minimum Gasteiger partial charge on any atom is -0.378 e. The van der Waals surface area contributed by atoms with Crippen molar-refractivity contribution in [2.24, 2.45) is 0 Å². The van der Waals surface area contributed by atoms with E-state index in [4.69, 9.17) is 17.3 Å². The topological polar surface area (TPSA) is 94.1 Å². The Kier molecular flexibility index (Phi) is 3.46. The van der Waals surface area contributed by atoms with Crippen LogP contribution in [-0.2, 0) is 0 Å². The Balaban J connectivity index is 2.82. The lowest BCUT2D eigenvalue weighted by atomic mass is 10.4. The molecule has 0 radical (unpaired) electrons. The van der Waals surface area contributed by atoms with E-state index in [1.165, 1.54) is 12.1 Å². The molecule has 0 aromatic carbocycles. The number of hydrogen-bond acceptors (Lipinski definition) is 5. The summed E-state index contributed by atoms with van der Waals surface area (Å²) in [6, 6.07) is 2.73. The molecule has 0 unspecified atom stereocenters. The summed E-state index contributed by atoms with van der Waals surface area (Å²) in [5.41, 5.74) is 5.16. The highest BCUT2D eigenvalue weighted by molar-refractivity contribution is 6.29. The van der Waals surface area contributed by atoms with Crippen LogP contribution in [0.1, 0.15) is 0 Å². The van der Waals surface area contributed by atoms with E-state index in [0.29, 0.717) is 17.4 Å². The van der Waals surface area contributed by atoms with E-state index in [0.717, 1.165) is 0 Å². The fourth-order valence-electron chi connectivity index (χ4n) is 0.907. The van der Waals surface area contributed by atoms with Crippen molar-refractivity contribution in [3.05, 3.63) is 33.9 Å². The van der Waals surface area contributed by atoms with E-state index in [1.807, 2.05) is 0 Å². The number of anilines is 2. The summed E-state index contributed by atoms with van der Waals surface area (Å²) in [7, 11) is 0. The van der Waals surface area contributed by atoms with E-state index in [1.54, 1.807) is 0 Å². The van der Waals surface area contributed by atoms with Crippen LogP contribution in [0.2, 0.25) is 0 Å². The van der Waals surface area contributed by atoms with Gasteiger partial charge in [0.05, 0.1) is 11.5 Å². The highest BCUT2D eigenvalue weighted by Gasteiger charge is 2.12. The number of nitro groups is 1. The number of pyridine rings is 1. The molecule has 0 aliphatic heterocycles. The second-order valence-electron chi connectivity index (χ2n) is 2.73. The number of nitrogen functional groups attached to an aromatic ring is 1. The van der Waals surface area contributed by atoms with Gasteiger partial charge in [-0.3, -0.25) is 10.1 Å². The Morgan fingerprint density at radius 1 is 1.73 bits per heavy atom. The molecule has 0 bridgehead atoms. The van der Waals surface area contributed by atoms with Gasteiger partial charge in [0.15, 0.2) is 0 Å². The van der Waals surface area contributed by atoms with Crippen molar-refractivity contribution in [2.45, 2.75) is 0 Å². The second-order valence-corrected chi connectivity index (χ2v) is 3.26. The molecule has 0 saturated heterocycles. The number of nitrogens with zero attached hydrogens (tertiary/aromatic N) is 2. The Labute approximate surface area is 90.9 Å². The van der Waals surface area contributed by atoms with Crippen LogP contribution in [0, 0.1) is 10.1 Å². The van der Waals surface area contributed by atoms with E-state index in [-0.39, 0.29) is 11.5 Å². The van der Waals surface area contributed by atoms with Gasteiger partial charge in [-0.1, -0.05) is 18.2 Å². The van der Waals surface area contributed by atoms with Gasteiger partial charge in [0.2, 0.25) is 5.82 Å². The van der Waals surface area contributed by atoms with Crippen LogP contribution in [0.15, 0.2) is 23.7 Å². The minimum atomic E-state index is -0.591. The molecule has 0 fully saturated rings. The number of rotatable bonds is 4. The zero-order valence-electron chi connectivity index (χ0n) is 7.74. The number of hydrogen-bond donors (Lipinski definition) is 2. The van der Waals surface area contributed by atoms with Crippen molar-refractivity contribution in [1.29, 1.82) is 0 Å². The molecule has 0 atom stereocenters. The average Bonchev–Trinajstić information content (AvgIpc) is 2.14. The predicted molar refractivity (Wildman–Crippen MR) is 58.8 cm³/mol. The van der Waals surface area contributed by atoms with Crippen LogP contribution >= 0.6 is 11.6 Å². The molecule has 1 rings (SSSR count). The van der Waals surface area contributed by atoms with Crippen molar-refractivity contribution in [3.63, 3.8) is 0 Å². The Morgan fingerprint density at radius 3 is 2.87 bits per heavy atom. The molecule has 3 N–H and O–H groups in total. The number of halogens is 1. The molecule has 7 heteroatoms. The molecule has 1 aromatic rings. The fourth-order valence-corrected chi connectivity index (χ4v) is 0.974. The number of nitrogens with two attached hydrogens (primary N) is 1. The summed E-state index contributed by atoms with van der Waals surface area (Å²) in [5.74, 6) is 0.282. The molecular weight excluding hydrogens is 220 g/mol. The standard InChI is InChI=1S/C8H9ClN4O2/c1-5(9)4-11-7-3-2-6(13(14)15)8(10)12-7/h2-3H,1,4H2,(H3,10,11,12). The second kappa shape index (κ2) is 4.61. The SMILES string of the molecule is C=C(Cl)CNc1ccc([N+](=O)[O-])c(N)n1. The molecule has 0 spiro atoms. The van der Waals surface area contributed by atoms with E-state index in [9.17, 15) is 10.1 Å². The third-order valence-corrected chi connectivity index (χ3v) is 1.69. The van der Waals surface area contributed by atoms with Gasteiger partial charge in [-0.2, -0.15) is 0 Å². The largest absolute Gasteiger partial charge is 0.378 e. The first kappa shape index (κ1) is 11.3. The lowest BCUT2D eigenvalue weighted by molar-refractivity contribution is -0.384. The third-order valence-electron chi connectivity index (χ3n) is 1.56. The Hall–Kier alpha value is -1.82. The summed E-state index contributed by atoms with van der Waals surface area (Å²) in [6.45, 7) is 3.80. The van der Waals surface area contributed by atoms with Gasteiger partial charge in [-0.15, -0.1) is 0 Å². The van der Waals surface area contributed by atoms with Crippen molar-refractivity contribution < 1.29 is 4.92 Å². The molecule has 1 aromatic heterocycles. The van der Waals surface area contributed by atoms with Crippen LogP contribution in [0.25, 0.3) is 0 Å². The average molecular weight is 229 g/mol. The van der Waals surface area contributed by atoms with Crippen LogP contribution in [-0.4, -0.2) is 16.5 Å². The Bertz CT molecular complexity index is 408. The summed E-state index contributed by atoms with van der Waals surface area (Å²) in [4.78, 5) is 13.6. The monoisotopic (exact) mass is 228 g/mol. The first-order valence-electron chi connectivity index (χ1n) is 3.98. The maximum Gasteiger partial charge on any atom is 0.311 e. The third kappa shape index (κ3) is 3.10. The van der Waals surface area contributed by atoms with Gasteiger partial charge < -0.3 is 11.1 Å². The summed E-state index contributed by atoms with van der Waals surface area (Å²) < 4.78 is 0. The first-order valence-corrected chi connectivity index (χ1v) is 4.36. The van der Waals surface area contributed by atoms with Crippen molar-refractivity contribution in [3.8, 4) is 0 Å². The summed E-state index contributed by atoms with van der Waals surface area (Å²) in [6.07, 6.45) is 0. The fraction of sp³-hybridized carbons (Fsp3) is 0.125. The van der Waals surface area contributed by atoms with Gasteiger partial charge in [0, 0.05) is 11.1 Å². The normalized spacial score (nSPS) is 9.67. The van der Waals surface area contributed by atoms with Crippen LogP contribution in [0.5, 0.6) is 0 Å². The number of nitrogens with one attached hydrogen (secondary N) is 1. The van der Waals surface area contributed by atoms with E-state index in [2.05, 4.69) is 16.9 Å². The van der Waals surface area contributed by atoms with Gasteiger partial charge in [0.1, 0.15) is 5.82 Å². The molecular formula is C8H9ClN4O2. The first-order chi connectivity index (χ1) is 7.00. The molecule has 0 aliphatic rings. The smallest absolute Gasteiger partial charge is 0.311 e. The number of aromatic nitrogens is 1. The highest BCUT2D eigenvalue weighted by atomic mass is 35.5. The molecule has 15 heavy (non-hydrogen) atoms. The van der Waals surface area contributed by atoms with Crippen molar-refractivity contribution in [2.75, 3.05) is 17.6 Å². The highest BCUT2D eigenvalue weighted by Crippen LogP contribution is 2.20. The molecule has 6 nitrogen and oxygen atoms in total. The Morgan fingerprint density at radius 2 is 2.40 bits per heavy atom. The summed E-state index contributed by atoms with van der Waals surface area (Å²) >= 11 is 5.52.